The lowest BCUT2D eigenvalue weighted by atomic mass is 10.1. The highest BCUT2D eigenvalue weighted by molar-refractivity contribution is 6.30. The highest BCUT2D eigenvalue weighted by atomic mass is 35.5. The molecule has 0 spiro atoms. The van der Waals surface area contributed by atoms with Gasteiger partial charge in [-0.15, -0.1) is 0 Å². The van der Waals surface area contributed by atoms with Crippen molar-refractivity contribution in [2.24, 2.45) is 0 Å². The Kier molecular flexibility index (Phi) is 5.32. The van der Waals surface area contributed by atoms with Crippen LogP contribution in [0.5, 0.6) is 0 Å². The summed E-state index contributed by atoms with van der Waals surface area (Å²) >= 11 is 5.70. The third kappa shape index (κ3) is 4.55. The summed E-state index contributed by atoms with van der Waals surface area (Å²) in [7, 11) is 0. The molecule has 1 aromatic carbocycles. The molecule has 0 saturated carbocycles. The van der Waals surface area contributed by atoms with Crippen LogP contribution in [0, 0.1) is 10.1 Å². The standard InChI is InChI=1S/C12H13ClN2O3/c1-9(16)14-7-3-2-4-10-5-6-11(13)8-12(10)15(17)18/h2,4-6,8H,3,7H2,1H3,(H,14,16). The van der Waals surface area contributed by atoms with E-state index >= 15 is 0 Å². The van der Waals surface area contributed by atoms with Crippen molar-refractivity contribution < 1.29 is 9.72 Å². The molecule has 1 aromatic rings. The summed E-state index contributed by atoms with van der Waals surface area (Å²) in [4.78, 5) is 21.0. The summed E-state index contributed by atoms with van der Waals surface area (Å²) in [6.07, 6.45) is 4.03. The number of rotatable bonds is 5. The van der Waals surface area contributed by atoms with Gasteiger partial charge in [0.25, 0.3) is 5.69 Å². The SMILES string of the molecule is CC(=O)NCCC=Cc1ccc(Cl)cc1[N+](=O)[O-]. The Hall–Kier alpha value is -1.88. The average molecular weight is 269 g/mol. The van der Waals surface area contributed by atoms with Crippen LogP contribution in [-0.2, 0) is 4.79 Å². The zero-order valence-electron chi connectivity index (χ0n) is 9.85. The van der Waals surface area contributed by atoms with E-state index in [0.29, 0.717) is 23.6 Å². The van der Waals surface area contributed by atoms with Crippen LogP contribution < -0.4 is 5.32 Å². The number of carbonyl (C=O) groups excluding carboxylic acids is 1. The Morgan fingerprint density at radius 1 is 1.56 bits per heavy atom. The van der Waals surface area contributed by atoms with Gasteiger partial charge in [0.05, 0.1) is 10.5 Å². The van der Waals surface area contributed by atoms with Gasteiger partial charge in [0, 0.05) is 24.6 Å². The van der Waals surface area contributed by atoms with E-state index in [1.54, 1.807) is 24.3 Å². The number of hydrogen-bond donors (Lipinski definition) is 1. The molecule has 0 radical (unpaired) electrons. The minimum absolute atomic E-state index is 0.0294. The van der Waals surface area contributed by atoms with E-state index < -0.39 is 4.92 Å². The Morgan fingerprint density at radius 2 is 2.28 bits per heavy atom. The first-order chi connectivity index (χ1) is 8.50. The second kappa shape index (κ2) is 6.76. The number of nitro benzene ring substituents is 1. The summed E-state index contributed by atoms with van der Waals surface area (Å²) in [5, 5.41) is 13.8. The number of amides is 1. The van der Waals surface area contributed by atoms with Gasteiger partial charge in [-0.2, -0.15) is 0 Å². The van der Waals surface area contributed by atoms with E-state index in [-0.39, 0.29) is 11.6 Å². The number of nitro groups is 1. The maximum atomic E-state index is 10.8. The predicted octanol–water partition coefficient (Wildman–Crippen LogP) is 2.79. The Morgan fingerprint density at radius 3 is 2.89 bits per heavy atom. The fourth-order valence-electron chi connectivity index (χ4n) is 1.36. The molecule has 1 amide bonds. The second-order valence-electron chi connectivity index (χ2n) is 3.63. The molecule has 0 bridgehead atoms. The van der Waals surface area contributed by atoms with Crippen molar-refractivity contribution in [2.75, 3.05) is 6.54 Å². The van der Waals surface area contributed by atoms with Gasteiger partial charge >= 0.3 is 0 Å². The van der Waals surface area contributed by atoms with E-state index in [2.05, 4.69) is 5.32 Å². The van der Waals surface area contributed by atoms with Crippen LogP contribution in [0.3, 0.4) is 0 Å². The zero-order valence-corrected chi connectivity index (χ0v) is 10.6. The summed E-state index contributed by atoms with van der Waals surface area (Å²) in [5.41, 5.74) is 0.463. The third-order valence-corrected chi connectivity index (χ3v) is 2.41. The normalized spacial score (nSPS) is 10.6. The van der Waals surface area contributed by atoms with E-state index in [9.17, 15) is 14.9 Å². The number of carbonyl (C=O) groups is 1. The molecule has 1 N–H and O–H groups in total. The van der Waals surface area contributed by atoms with Crippen LogP contribution in [0.4, 0.5) is 5.69 Å². The van der Waals surface area contributed by atoms with Crippen molar-refractivity contribution in [3.05, 3.63) is 45.0 Å². The van der Waals surface area contributed by atoms with E-state index in [0.717, 1.165) is 0 Å². The van der Waals surface area contributed by atoms with Crippen LogP contribution in [-0.4, -0.2) is 17.4 Å². The van der Waals surface area contributed by atoms with Gasteiger partial charge in [-0.05, 0) is 18.6 Å². The molecule has 0 fully saturated rings. The molecule has 5 nitrogen and oxygen atoms in total. The number of nitrogens with one attached hydrogen (secondary N) is 1. The molecule has 0 aliphatic carbocycles. The molecule has 0 aliphatic rings. The highest BCUT2D eigenvalue weighted by Gasteiger charge is 2.11. The summed E-state index contributed by atoms with van der Waals surface area (Å²) in [6, 6.07) is 4.51. The second-order valence-corrected chi connectivity index (χ2v) is 4.07. The molecule has 0 saturated heterocycles. The lowest BCUT2D eigenvalue weighted by molar-refractivity contribution is -0.385. The molecule has 96 valence electrons. The third-order valence-electron chi connectivity index (χ3n) is 2.17. The average Bonchev–Trinajstić information content (AvgIpc) is 2.29. The molecular weight excluding hydrogens is 256 g/mol. The molecule has 0 aromatic heterocycles. The van der Waals surface area contributed by atoms with Gasteiger partial charge in [-0.1, -0.05) is 23.8 Å². The first-order valence-corrected chi connectivity index (χ1v) is 5.73. The summed E-state index contributed by atoms with van der Waals surface area (Å²) in [6.45, 7) is 1.95. The zero-order chi connectivity index (χ0) is 13.5. The molecule has 6 heteroatoms. The van der Waals surface area contributed by atoms with Crippen LogP contribution in [0.2, 0.25) is 5.02 Å². The number of hydrogen-bond acceptors (Lipinski definition) is 3. The molecule has 18 heavy (non-hydrogen) atoms. The molecular formula is C12H13ClN2O3. The fourth-order valence-corrected chi connectivity index (χ4v) is 1.52. The molecule has 1 rings (SSSR count). The summed E-state index contributed by atoms with van der Waals surface area (Å²) in [5.74, 6) is -0.0964. The number of nitrogens with zero attached hydrogens (tertiary/aromatic N) is 1. The van der Waals surface area contributed by atoms with E-state index in [1.807, 2.05) is 0 Å². The Balaban J connectivity index is 2.69. The quantitative estimate of drug-likeness (QED) is 0.507. The molecule has 0 atom stereocenters. The van der Waals surface area contributed by atoms with Crippen molar-refractivity contribution in [1.82, 2.24) is 5.32 Å². The Bertz CT molecular complexity index is 486. The number of halogens is 1. The molecule has 0 aliphatic heterocycles. The van der Waals surface area contributed by atoms with Crippen LogP contribution in [0.25, 0.3) is 6.08 Å². The fraction of sp³-hybridized carbons (Fsp3) is 0.250. The number of benzene rings is 1. The van der Waals surface area contributed by atoms with Crippen LogP contribution in [0.15, 0.2) is 24.3 Å². The maximum Gasteiger partial charge on any atom is 0.278 e. The lowest BCUT2D eigenvalue weighted by Crippen LogP contribution is -2.20. The van der Waals surface area contributed by atoms with Crippen molar-refractivity contribution in [3.8, 4) is 0 Å². The lowest BCUT2D eigenvalue weighted by Gasteiger charge is -1.99. The monoisotopic (exact) mass is 268 g/mol. The van der Waals surface area contributed by atoms with Crippen molar-refractivity contribution in [3.63, 3.8) is 0 Å². The Labute approximate surface area is 110 Å². The van der Waals surface area contributed by atoms with Crippen molar-refractivity contribution in [1.29, 1.82) is 0 Å². The molecule has 0 heterocycles. The summed E-state index contributed by atoms with van der Waals surface area (Å²) < 4.78 is 0. The van der Waals surface area contributed by atoms with Gasteiger partial charge in [0.2, 0.25) is 5.91 Å². The van der Waals surface area contributed by atoms with Gasteiger partial charge in [0.1, 0.15) is 0 Å². The smallest absolute Gasteiger partial charge is 0.278 e. The van der Waals surface area contributed by atoms with Gasteiger partial charge in [-0.25, -0.2) is 0 Å². The van der Waals surface area contributed by atoms with Crippen LogP contribution in [0.1, 0.15) is 18.9 Å². The minimum atomic E-state index is -0.473. The van der Waals surface area contributed by atoms with Gasteiger partial charge in [0.15, 0.2) is 0 Å². The van der Waals surface area contributed by atoms with Crippen LogP contribution >= 0.6 is 11.6 Å². The van der Waals surface area contributed by atoms with E-state index in [4.69, 9.17) is 11.6 Å². The first kappa shape index (κ1) is 14.2. The minimum Gasteiger partial charge on any atom is -0.356 e. The molecule has 0 unspecified atom stereocenters. The predicted molar refractivity (Wildman–Crippen MR) is 70.4 cm³/mol. The van der Waals surface area contributed by atoms with Gasteiger partial charge < -0.3 is 5.32 Å². The highest BCUT2D eigenvalue weighted by Crippen LogP contribution is 2.24. The van der Waals surface area contributed by atoms with Crippen molar-refractivity contribution >= 4 is 29.3 Å². The topological polar surface area (TPSA) is 72.2 Å². The first-order valence-electron chi connectivity index (χ1n) is 5.35. The van der Waals surface area contributed by atoms with Crippen molar-refractivity contribution in [2.45, 2.75) is 13.3 Å². The maximum absolute atomic E-state index is 10.8. The van der Waals surface area contributed by atoms with Gasteiger partial charge in [-0.3, -0.25) is 14.9 Å². The van der Waals surface area contributed by atoms with E-state index in [1.165, 1.54) is 13.0 Å². The largest absolute Gasteiger partial charge is 0.356 e.